The fourth-order valence-electron chi connectivity index (χ4n) is 2.56. The van der Waals surface area contributed by atoms with Gasteiger partial charge in [-0.05, 0) is 36.5 Å². The molecule has 0 N–H and O–H groups in total. The van der Waals surface area contributed by atoms with Gasteiger partial charge in [0.2, 0.25) is 0 Å². The standard InChI is InChI=1S/C15H17BrF2/c16-10-13(12-4-2-1-3-5-12)8-11-6-7-14(17)15(18)9-11/h6-9,12H,1-5,10H2. The first-order valence-electron chi connectivity index (χ1n) is 6.42. The second-order valence-electron chi connectivity index (χ2n) is 4.86. The summed E-state index contributed by atoms with van der Waals surface area (Å²) in [6.45, 7) is 0. The molecule has 0 radical (unpaired) electrons. The van der Waals surface area contributed by atoms with E-state index in [1.54, 1.807) is 6.07 Å². The summed E-state index contributed by atoms with van der Waals surface area (Å²) in [5.41, 5.74) is 2.04. The van der Waals surface area contributed by atoms with E-state index in [1.165, 1.54) is 49.8 Å². The van der Waals surface area contributed by atoms with Gasteiger partial charge in [-0.25, -0.2) is 8.78 Å². The number of rotatable bonds is 3. The molecule has 0 aliphatic heterocycles. The van der Waals surface area contributed by atoms with Gasteiger partial charge in [0.15, 0.2) is 11.6 Å². The average molecular weight is 315 g/mol. The average Bonchev–Trinajstić information content (AvgIpc) is 2.41. The maximum Gasteiger partial charge on any atom is 0.159 e. The van der Waals surface area contributed by atoms with Gasteiger partial charge in [-0.1, -0.05) is 52.9 Å². The number of benzene rings is 1. The molecule has 0 unspecified atom stereocenters. The topological polar surface area (TPSA) is 0 Å². The van der Waals surface area contributed by atoms with Gasteiger partial charge in [-0.15, -0.1) is 0 Å². The van der Waals surface area contributed by atoms with Crippen LogP contribution in [0.25, 0.3) is 6.08 Å². The highest BCUT2D eigenvalue weighted by Crippen LogP contribution is 2.31. The van der Waals surface area contributed by atoms with Crippen molar-refractivity contribution in [1.82, 2.24) is 0 Å². The molecule has 1 aliphatic carbocycles. The third-order valence-electron chi connectivity index (χ3n) is 3.58. The molecule has 1 aromatic carbocycles. The molecule has 0 bridgehead atoms. The summed E-state index contributed by atoms with van der Waals surface area (Å²) in [6.07, 6.45) is 8.27. The number of hydrogen-bond acceptors (Lipinski definition) is 0. The zero-order chi connectivity index (χ0) is 13.0. The molecular weight excluding hydrogens is 298 g/mol. The summed E-state index contributed by atoms with van der Waals surface area (Å²) in [4.78, 5) is 0. The second-order valence-corrected chi connectivity index (χ2v) is 5.42. The van der Waals surface area contributed by atoms with Crippen molar-refractivity contribution < 1.29 is 8.78 Å². The normalized spacial score (nSPS) is 18.1. The SMILES string of the molecule is Fc1ccc(C=C(CBr)C2CCCCC2)cc1F. The Morgan fingerprint density at radius 2 is 1.89 bits per heavy atom. The molecule has 1 aliphatic rings. The lowest BCUT2D eigenvalue weighted by Gasteiger charge is -2.23. The van der Waals surface area contributed by atoms with Crippen molar-refractivity contribution in [3.05, 3.63) is 41.0 Å². The Bertz CT molecular complexity index is 434. The predicted octanol–water partition coefficient (Wildman–Crippen LogP) is 5.32. The van der Waals surface area contributed by atoms with Gasteiger partial charge in [0.05, 0.1) is 0 Å². The zero-order valence-electron chi connectivity index (χ0n) is 10.3. The van der Waals surface area contributed by atoms with E-state index in [9.17, 15) is 8.78 Å². The van der Waals surface area contributed by atoms with Crippen LogP contribution in [0.2, 0.25) is 0 Å². The monoisotopic (exact) mass is 314 g/mol. The summed E-state index contributed by atoms with van der Waals surface area (Å²) in [6, 6.07) is 4.08. The van der Waals surface area contributed by atoms with Crippen LogP contribution in [-0.4, -0.2) is 5.33 Å². The number of halogens is 3. The van der Waals surface area contributed by atoms with Gasteiger partial charge in [0.25, 0.3) is 0 Å². The van der Waals surface area contributed by atoms with Crippen molar-refractivity contribution >= 4 is 22.0 Å². The van der Waals surface area contributed by atoms with Crippen molar-refractivity contribution in [3.8, 4) is 0 Å². The quantitative estimate of drug-likeness (QED) is 0.662. The summed E-state index contributed by atoms with van der Waals surface area (Å²) < 4.78 is 26.0. The van der Waals surface area contributed by atoms with Crippen molar-refractivity contribution in [1.29, 1.82) is 0 Å². The third kappa shape index (κ3) is 3.41. The lowest BCUT2D eigenvalue weighted by Crippen LogP contribution is -2.10. The Morgan fingerprint density at radius 3 is 2.50 bits per heavy atom. The van der Waals surface area contributed by atoms with Gasteiger partial charge < -0.3 is 0 Å². The lowest BCUT2D eigenvalue weighted by atomic mass is 9.84. The summed E-state index contributed by atoms with van der Waals surface area (Å²) >= 11 is 3.51. The van der Waals surface area contributed by atoms with Crippen LogP contribution in [-0.2, 0) is 0 Å². The molecule has 0 amide bonds. The van der Waals surface area contributed by atoms with Crippen LogP contribution in [0.3, 0.4) is 0 Å². The molecule has 0 aromatic heterocycles. The Kier molecular flexibility index (Phi) is 4.93. The van der Waals surface area contributed by atoms with E-state index in [-0.39, 0.29) is 0 Å². The number of hydrogen-bond donors (Lipinski definition) is 0. The van der Waals surface area contributed by atoms with E-state index in [0.717, 1.165) is 10.9 Å². The van der Waals surface area contributed by atoms with E-state index in [2.05, 4.69) is 15.9 Å². The first kappa shape index (κ1) is 13.7. The van der Waals surface area contributed by atoms with E-state index in [1.807, 2.05) is 6.08 Å². The summed E-state index contributed by atoms with van der Waals surface area (Å²) in [5, 5.41) is 0.802. The van der Waals surface area contributed by atoms with E-state index in [0.29, 0.717) is 5.92 Å². The molecular formula is C15H17BrF2. The predicted molar refractivity (Wildman–Crippen MR) is 74.7 cm³/mol. The highest BCUT2D eigenvalue weighted by molar-refractivity contribution is 9.09. The van der Waals surface area contributed by atoms with E-state index < -0.39 is 11.6 Å². The fraction of sp³-hybridized carbons (Fsp3) is 0.467. The van der Waals surface area contributed by atoms with Crippen molar-refractivity contribution in [3.63, 3.8) is 0 Å². The van der Waals surface area contributed by atoms with Crippen LogP contribution >= 0.6 is 15.9 Å². The van der Waals surface area contributed by atoms with Crippen molar-refractivity contribution in [2.45, 2.75) is 32.1 Å². The molecule has 2 rings (SSSR count). The van der Waals surface area contributed by atoms with Crippen LogP contribution in [0.5, 0.6) is 0 Å². The Balaban J connectivity index is 2.19. The molecule has 18 heavy (non-hydrogen) atoms. The molecule has 1 aromatic rings. The number of alkyl halides is 1. The minimum Gasteiger partial charge on any atom is -0.204 e. The summed E-state index contributed by atoms with van der Waals surface area (Å²) in [5.74, 6) is -0.974. The minimum absolute atomic E-state index is 0.589. The van der Waals surface area contributed by atoms with Crippen LogP contribution in [0, 0.1) is 17.6 Å². The van der Waals surface area contributed by atoms with Crippen LogP contribution in [0.15, 0.2) is 23.8 Å². The van der Waals surface area contributed by atoms with Crippen molar-refractivity contribution in [2.24, 2.45) is 5.92 Å². The highest BCUT2D eigenvalue weighted by atomic mass is 79.9. The van der Waals surface area contributed by atoms with Gasteiger partial charge in [0.1, 0.15) is 0 Å². The second kappa shape index (κ2) is 6.46. The van der Waals surface area contributed by atoms with E-state index >= 15 is 0 Å². The maximum atomic E-state index is 13.2. The zero-order valence-corrected chi connectivity index (χ0v) is 11.8. The summed E-state index contributed by atoms with van der Waals surface area (Å²) in [7, 11) is 0. The minimum atomic E-state index is -0.787. The molecule has 0 spiro atoms. The largest absolute Gasteiger partial charge is 0.204 e. The van der Waals surface area contributed by atoms with Crippen LogP contribution in [0.1, 0.15) is 37.7 Å². The molecule has 3 heteroatoms. The van der Waals surface area contributed by atoms with E-state index in [4.69, 9.17) is 0 Å². The molecule has 1 saturated carbocycles. The lowest BCUT2D eigenvalue weighted by molar-refractivity contribution is 0.405. The highest BCUT2D eigenvalue weighted by Gasteiger charge is 2.17. The smallest absolute Gasteiger partial charge is 0.159 e. The Morgan fingerprint density at radius 1 is 1.17 bits per heavy atom. The fourth-order valence-corrected chi connectivity index (χ4v) is 3.17. The van der Waals surface area contributed by atoms with Crippen LogP contribution < -0.4 is 0 Å². The molecule has 0 heterocycles. The van der Waals surface area contributed by atoms with Gasteiger partial charge in [-0.2, -0.15) is 0 Å². The molecule has 0 nitrogen and oxygen atoms in total. The molecule has 98 valence electrons. The third-order valence-corrected chi connectivity index (χ3v) is 4.23. The maximum absolute atomic E-state index is 13.2. The molecule has 0 atom stereocenters. The molecule has 1 fully saturated rings. The van der Waals surface area contributed by atoms with Crippen molar-refractivity contribution in [2.75, 3.05) is 5.33 Å². The Hall–Kier alpha value is -0.700. The Labute approximate surface area is 115 Å². The van der Waals surface area contributed by atoms with Crippen LogP contribution in [0.4, 0.5) is 8.78 Å². The first-order valence-corrected chi connectivity index (χ1v) is 7.54. The number of allylic oxidation sites excluding steroid dienone is 1. The molecule has 0 saturated heterocycles. The van der Waals surface area contributed by atoms with Gasteiger partial charge in [0, 0.05) is 5.33 Å². The first-order chi connectivity index (χ1) is 8.70. The van der Waals surface area contributed by atoms with Gasteiger partial charge in [-0.3, -0.25) is 0 Å². The van der Waals surface area contributed by atoms with Gasteiger partial charge >= 0.3 is 0 Å².